The molecule has 0 unspecified atom stereocenters. The van der Waals surface area contributed by atoms with Crippen LogP contribution < -0.4 is 10.5 Å². The average Bonchev–Trinajstić information content (AvgIpc) is 2.68. The lowest BCUT2D eigenvalue weighted by Crippen LogP contribution is -2.46. The van der Waals surface area contributed by atoms with Gasteiger partial charge in [0.05, 0.1) is 18.8 Å². The van der Waals surface area contributed by atoms with Gasteiger partial charge in [-0.15, -0.1) is 0 Å². The van der Waals surface area contributed by atoms with E-state index in [2.05, 4.69) is 14.7 Å². The molecule has 3 rings (SSSR count). The summed E-state index contributed by atoms with van der Waals surface area (Å²) in [4.78, 5) is 20.5. The Labute approximate surface area is 180 Å². The molecule has 2 aromatic rings. The third-order valence-electron chi connectivity index (χ3n) is 5.15. The first-order valence-electron chi connectivity index (χ1n) is 9.45. The summed E-state index contributed by atoms with van der Waals surface area (Å²) < 4.78 is 78.3. The van der Waals surface area contributed by atoms with Gasteiger partial charge >= 0.3 is 6.18 Å². The SMILES string of the molecule is COc1cnc(C(=O)Cc2cc(F)c(F)c([C@]3(C)C[C@@H](C(F)(F)F)OC(N)=N3)c2)c(C)c1. The summed E-state index contributed by atoms with van der Waals surface area (Å²) in [6.45, 7) is 2.83. The molecule has 11 heteroatoms. The molecule has 0 aliphatic carbocycles. The van der Waals surface area contributed by atoms with Crippen molar-refractivity contribution in [2.24, 2.45) is 10.7 Å². The maximum Gasteiger partial charge on any atom is 0.425 e. The quantitative estimate of drug-likeness (QED) is 0.542. The van der Waals surface area contributed by atoms with Crippen LogP contribution >= 0.6 is 0 Å². The first kappa shape index (κ1) is 23.4. The van der Waals surface area contributed by atoms with Crippen molar-refractivity contribution in [3.05, 3.63) is 58.4 Å². The number of hydrogen-bond acceptors (Lipinski definition) is 6. The maximum absolute atomic E-state index is 14.7. The van der Waals surface area contributed by atoms with Crippen molar-refractivity contribution in [1.29, 1.82) is 0 Å². The number of nitrogens with two attached hydrogens (primary N) is 1. The average molecular weight is 457 g/mol. The number of benzene rings is 1. The number of ether oxygens (including phenoxy) is 2. The summed E-state index contributed by atoms with van der Waals surface area (Å²) >= 11 is 0. The summed E-state index contributed by atoms with van der Waals surface area (Å²) in [5.74, 6) is -2.75. The summed E-state index contributed by atoms with van der Waals surface area (Å²) in [6.07, 6.45) is -6.97. The lowest BCUT2D eigenvalue weighted by atomic mass is 9.84. The molecule has 0 saturated heterocycles. The minimum Gasteiger partial charge on any atom is -0.495 e. The Bertz CT molecular complexity index is 1090. The van der Waals surface area contributed by atoms with Gasteiger partial charge in [0.15, 0.2) is 23.5 Å². The number of methoxy groups -OCH3 is 1. The third kappa shape index (κ3) is 4.66. The normalized spacial score (nSPS) is 21.0. The Morgan fingerprint density at radius 2 is 2.00 bits per heavy atom. The smallest absolute Gasteiger partial charge is 0.425 e. The molecule has 172 valence electrons. The van der Waals surface area contributed by atoms with Gasteiger partial charge in [-0.2, -0.15) is 13.2 Å². The standard InChI is InChI=1S/C21H20F5N3O3/c1-10-4-12(31-3)9-28-18(10)15(30)7-11-5-13(17(23)14(22)6-11)20(2)8-16(21(24,25)26)32-19(27)29-20/h4-6,9,16H,7-8H2,1-3H3,(H2,27,29)/t16-,20-/m0/s1. The van der Waals surface area contributed by atoms with Crippen LogP contribution in [-0.4, -0.2) is 36.2 Å². The second-order valence-corrected chi connectivity index (χ2v) is 7.66. The van der Waals surface area contributed by atoms with E-state index < -0.39 is 53.2 Å². The zero-order chi connectivity index (χ0) is 23.8. The largest absolute Gasteiger partial charge is 0.495 e. The van der Waals surface area contributed by atoms with Crippen molar-refractivity contribution in [2.45, 2.75) is 44.5 Å². The molecular weight excluding hydrogens is 437 g/mol. The number of ketones is 1. The predicted octanol–water partition coefficient (Wildman–Crippen LogP) is 3.98. The van der Waals surface area contributed by atoms with Gasteiger partial charge in [-0.05, 0) is 43.2 Å². The van der Waals surface area contributed by atoms with E-state index in [1.165, 1.54) is 20.2 Å². The summed E-state index contributed by atoms with van der Waals surface area (Å²) in [5, 5.41) is 0. The first-order chi connectivity index (χ1) is 14.8. The molecule has 0 fully saturated rings. The van der Waals surface area contributed by atoms with Crippen molar-refractivity contribution in [1.82, 2.24) is 4.98 Å². The van der Waals surface area contributed by atoms with E-state index >= 15 is 0 Å². The molecule has 32 heavy (non-hydrogen) atoms. The van der Waals surface area contributed by atoms with Crippen LogP contribution in [0.15, 0.2) is 29.4 Å². The fourth-order valence-corrected chi connectivity index (χ4v) is 3.58. The maximum atomic E-state index is 14.7. The molecule has 0 bridgehead atoms. The molecule has 2 atom stereocenters. The molecule has 6 nitrogen and oxygen atoms in total. The van der Waals surface area contributed by atoms with Gasteiger partial charge in [0.1, 0.15) is 11.4 Å². The number of hydrogen-bond donors (Lipinski definition) is 1. The number of carbonyl (C=O) groups is 1. The number of pyridine rings is 1. The molecule has 0 radical (unpaired) electrons. The molecule has 0 saturated carbocycles. The van der Waals surface area contributed by atoms with E-state index in [1.54, 1.807) is 13.0 Å². The Morgan fingerprint density at radius 3 is 2.59 bits per heavy atom. The van der Waals surface area contributed by atoms with E-state index in [4.69, 9.17) is 10.5 Å². The molecule has 1 aliphatic heterocycles. The van der Waals surface area contributed by atoms with Gasteiger partial charge < -0.3 is 15.2 Å². The monoisotopic (exact) mass is 457 g/mol. The van der Waals surface area contributed by atoms with Gasteiger partial charge in [-0.25, -0.2) is 18.8 Å². The lowest BCUT2D eigenvalue weighted by molar-refractivity contribution is -0.208. The van der Waals surface area contributed by atoms with Gasteiger partial charge in [-0.3, -0.25) is 4.79 Å². The van der Waals surface area contributed by atoms with Crippen molar-refractivity contribution < 1.29 is 36.2 Å². The van der Waals surface area contributed by atoms with E-state index in [9.17, 15) is 26.7 Å². The number of aliphatic imine (C=N–C) groups is 1. The molecule has 1 aliphatic rings. The van der Waals surface area contributed by atoms with E-state index in [0.29, 0.717) is 11.3 Å². The van der Waals surface area contributed by atoms with Crippen molar-refractivity contribution in [3.8, 4) is 5.75 Å². The number of halogens is 5. The van der Waals surface area contributed by atoms with E-state index in [-0.39, 0.29) is 17.7 Å². The Balaban J connectivity index is 1.98. The summed E-state index contributed by atoms with van der Waals surface area (Å²) in [6, 6.07) is 2.73. The number of aryl methyl sites for hydroxylation is 1. The van der Waals surface area contributed by atoms with E-state index in [0.717, 1.165) is 12.1 Å². The van der Waals surface area contributed by atoms with Crippen LogP contribution in [0.2, 0.25) is 0 Å². The van der Waals surface area contributed by atoms with Gasteiger partial charge in [0.25, 0.3) is 6.02 Å². The molecular formula is C21H20F5N3O3. The van der Waals surface area contributed by atoms with Crippen LogP contribution in [0.25, 0.3) is 0 Å². The Hall–Kier alpha value is -3.24. The highest BCUT2D eigenvalue weighted by Gasteiger charge is 2.50. The van der Waals surface area contributed by atoms with Crippen molar-refractivity contribution in [3.63, 3.8) is 0 Å². The van der Waals surface area contributed by atoms with Crippen LogP contribution in [0.4, 0.5) is 22.0 Å². The summed E-state index contributed by atoms with van der Waals surface area (Å²) in [7, 11) is 1.44. The highest BCUT2D eigenvalue weighted by atomic mass is 19.4. The second kappa shape index (κ2) is 8.36. The number of carbonyl (C=O) groups excluding carboxylic acids is 1. The molecule has 0 spiro atoms. The zero-order valence-corrected chi connectivity index (χ0v) is 17.4. The topological polar surface area (TPSA) is 86.8 Å². The number of alkyl halides is 3. The molecule has 2 N–H and O–H groups in total. The number of aromatic nitrogens is 1. The fraction of sp³-hybridized carbons (Fsp3) is 0.381. The molecule has 1 aromatic heterocycles. The zero-order valence-electron chi connectivity index (χ0n) is 17.4. The second-order valence-electron chi connectivity index (χ2n) is 7.66. The Morgan fingerprint density at radius 1 is 1.31 bits per heavy atom. The third-order valence-corrected chi connectivity index (χ3v) is 5.15. The van der Waals surface area contributed by atoms with Crippen LogP contribution in [0, 0.1) is 18.6 Å². The highest BCUT2D eigenvalue weighted by Crippen LogP contribution is 2.41. The van der Waals surface area contributed by atoms with Crippen LogP contribution in [0.1, 0.15) is 40.5 Å². The lowest BCUT2D eigenvalue weighted by Gasteiger charge is -2.36. The first-order valence-corrected chi connectivity index (χ1v) is 9.45. The van der Waals surface area contributed by atoms with E-state index in [1.807, 2.05) is 0 Å². The van der Waals surface area contributed by atoms with Gasteiger partial charge in [-0.1, -0.05) is 0 Å². The summed E-state index contributed by atoms with van der Waals surface area (Å²) in [5.41, 5.74) is 3.74. The predicted molar refractivity (Wildman–Crippen MR) is 104 cm³/mol. The number of nitrogens with zero attached hydrogens (tertiary/aromatic N) is 2. The van der Waals surface area contributed by atoms with Crippen LogP contribution in [0.3, 0.4) is 0 Å². The Kier molecular flexibility index (Phi) is 6.12. The molecule has 0 amide bonds. The number of rotatable bonds is 5. The van der Waals surface area contributed by atoms with Crippen LogP contribution in [-0.2, 0) is 16.7 Å². The molecule has 2 heterocycles. The number of Topliss-reactive ketones (excluding diaryl/α,β-unsaturated/α-hetero) is 1. The van der Waals surface area contributed by atoms with Crippen molar-refractivity contribution >= 4 is 11.8 Å². The molecule has 1 aromatic carbocycles. The van der Waals surface area contributed by atoms with Gasteiger partial charge in [0.2, 0.25) is 0 Å². The number of amidine groups is 1. The highest BCUT2D eigenvalue weighted by molar-refractivity contribution is 5.97. The fourth-order valence-electron chi connectivity index (χ4n) is 3.58. The minimum absolute atomic E-state index is 0.0472. The van der Waals surface area contributed by atoms with Gasteiger partial charge in [0, 0.05) is 18.4 Å². The van der Waals surface area contributed by atoms with Crippen molar-refractivity contribution in [2.75, 3.05) is 7.11 Å². The minimum atomic E-state index is -4.79. The van der Waals surface area contributed by atoms with Crippen LogP contribution in [0.5, 0.6) is 5.75 Å².